The van der Waals surface area contributed by atoms with Crippen molar-refractivity contribution in [3.8, 4) is 0 Å². The highest BCUT2D eigenvalue weighted by molar-refractivity contribution is 8.19. The minimum Gasteiger partial charge on any atom is -0.282 e. The van der Waals surface area contributed by atoms with E-state index >= 15 is 0 Å². The maximum absolute atomic E-state index is 12.5. The Morgan fingerprint density at radius 3 is 2.58 bits per heavy atom. The molecule has 124 valence electrons. The predicted octanol–water partition coefficient (Wildman–Crippen LogP) is 3.66. The number of rotatable bonds is 5. The third-order valence-electron chi connectivity index (χ3n) is 2.96. The third kappa shape index (κ3) is 3.54. The van der Waals surface area contributed by atoms with Gasteiger partial charge in [0.15, 0.2) is 5.17 Å². The van der Waals surface area contributed by atoms with Crippen LogP contribution in [0.15, 0.2) is 61.2 Å². The second-order valence-corrected chi connectivity index (χ2v) is 9.38. The van der Waals surface area contributed by atoms with Crippen LogP contribution in [0.3, 0.4) is 0 Å². The molecule has 0 aliphatic carbocycles. The Morgan fingerprint density at radius 1 is 1.21 bits per heavy atom. The zero-order valence-corrected chi connectivity index (χ0v) is 15.6. The van der Waals surface area contributed by atoms with Crippen molar-refractivity contribution in [2.75, 3.05) is 6.54 Å². The van der Waals surface area contributed by atoms with Crippen molar-refractivity contribution in [1.29, 1.82) is 0 Å². The van der Waals surface area contributed by atoms with Crippen molar-refractivity contribution in [2.24, 2.45) is 4.40 Å². The number of thiophene rings is 2. The molecule has 1 saturated heterocycles. The van der Waals surface area contributed by atoms with Crippen molar-refractivity contribution in [3.05, 3.63) is 57.5 Å². The summed E-state index contributed by atoms with van der Waals surface area (Å²) in [5, 5.41) is 3.73. The van der Waals surface area contributed by atoms with Crippen LogP contribution in [0.5, 0.6) is 0 Å². The Bertz CT molecular complexity index is 910. The molecule has 0 spiro atoms. The zero-order chi connectivity index (χ0) is 17.2. The SMILES string of the molecule is C=CCN1C(=O)/C(=C/c2cccs2)S/C1=N\S(=O)(=O)c1cccs1. The topological polar surface area (TPSA) is 66.8 Å². The molecule has 1 fully saturated rings. The van der Waals surface area contributed by atoms with E-state index in [0.717, 1.165) is 28.0 Å². The van der Waals surface area contributed by atoms with Gasteiger partial charge in [0.05, 0.1) is 4.91 Å². The minimum atomic E-state index is -3.83. The second-order valence-electron chi connectivity index (χ2n) is 4.61. The fraction of sp³-hybridized carbons (Fsp3) is 0.0667. The normalized spacial score (nSPS) is 18.7. The van der Waals surface area contributed by atoms with Crippen molar-refractivity contribution in [2.45, 2.75) is 4.21 Å². The van der Waals surface area contributed by atoms with E-state index in [2.05, 4.69) is 11.0 Å². The van der Waals surface area contributed by atoms with Gasteiger partial charge < -0.3 is 0 Å². The van der Waals surface area contributed by atoms with Crippen molar-refractivity contribution in [3.63, 3.8) is 0 Å². The number of hydrogen-bond acceptors (Lipinski definition) is 6. The summed E-state index contributed by atoms with van der Waals surface area (Å²) in [4.78, 5) is 15.2. The predicted molar refractivity (Wildman–Crippen MR) is 101 cm³/mol. The number of thioether (sulfide) groups is 1. The van der Waals surface area contributed by atoms with Gasteiger partial charge in [-0.25, -0.2) is 0 Å². The van der Waals surface area contributed by atoms with E-state index in [-0.39, 0.29) is 21.8 Å². The largest absolute Gasteiger partial charge is 0.294 e. The first-order valence-electron chi connectivity index (χ1n) is 6.75. The van der Waals surface area contributed by atoms with Crippen LogP contribution < -0.4 is 0 Å². The summed E-state index contributed by atoms with van der Waals surface area (Å²) in [6.07, 6.45) is 3.29. The average Bonchev–Trinajstić information content (AvgIpc) is 3.26. The number of hydrogen-bond donors (Lipinski definition) is 0. The summed E-state index contributed by atoms with van der Waals surface area (Å²) >= 11 is 3.66. The van der Waals surface area contributed by atoms with Crippen LogP contribution in [-0.2, 0) is 14.8 Å². The number of sulfonamides is 1. The molecule has 3 heterocycles. The van der Waals surface area contributed by atoms with Gasteiger partial charge >= 0.3 is 0 Å². The second kappa shape index (κ2) is 7.06. The zero-order valence-electron chi connectivity index (χ0n) is 12.3. The maximum atomic E-state index is 12.5. The smallest absolute Gasteiger partial charge is 0.282 e. The van der Waals surface area contributed by atoms with Crippen molar-refractivity contribution < 1.29 is 13.2 Å². The first-order chi connectivity index (χ1) is 11.5. The van der Waals surface area contributed by atoms with Gasteiger partial charge in [0.1, 0.15) is 4.21 Å². The van der Waals surface area contributed by atoms with Crippen molar-refractivity contribution >= 4 is 61.6 Å². The quantitative estimate of drug-likeness (QED) is 0.571. The fourth-order valence-electron chi connectivity index (χ4n) is 1.93. The lowest BCUT2D eigenvalue weighted by Crippen LogP contribution is -2.29. The molecule has 0 saturated carbocycles. The molecule has 1 aliphatic rings. The molecule has 0 unspecified atom stereocenters. The Kier molecular flexibility index (Phi) is 5.04. The summed E-state index contributed by atoms with van der Waals surface area (Å²) < 4.78 is 28.7. The van der Waals surface area contributed by atoms with Gasteiger partial charge in [-0.2, -0.15) is 8.42 Å². The lowest BCUT2D eigenvalue weighted by Gasteiger charge is -2.12. The number of carbonyl (C=O) groups is 1. The van der Waals surface area contributed by atoms with E-state index in [1.54, 1.807) is 23.6 Å². The Balaban J connectivity index is 1.98. The molecule has 0 atom stereocenters. The van der Waals surface area contributed by atoms with E-state index in [9.17, 15) is 13.2 Å². The molecule has 0 aromatic carbocycles. The molecule has 5 nitrogen and oxygen atoms in total. The van der Waals surface area contributed by atoms with E-state index < -0.39 is 10.0 Å². The van der Waals surface area contributed by atoms with Crippen molar-refractivity contribution in [1.82, 2.24) is 4.90 Å². The third-order valence-corrected chi connectivity index (χ3v) is 7.55. The minimum absolute atomic E-state index is 0.149. The number of amides is 1. The Hall–Kier alpha value is -1.68. The maximum Gasteiger partial charge on any atom is 0.294 e. The molecular weight excluding hydrogens is 384 g/mol. The number of amidine groups is 1. The van der Waals surface area contributed by atoms with Gasteiger partial charge in [-0.15, -0.1) is 33.7 Å². The molecule has 3 rings (SSSR count). The highest BCUT2D eigenvalue weighted by Gasteiger charge is 2.34. The fourth-order valence-corrected chi connectivity index (χ4v) is 5.81. The standard InChI is InChI=1S/C15H12N2O3S4/c1-2-7-17-14(18)12(10-11-5-3-8-21-11)23-15(17)16-24(19,20)13-6-4-9-22-13/h2-6,8-10H,1,7H2/b12-10-,16-15-. The van der Waals surface area contributed by atoms with Crippen LogP contribution in [0.4, 0.5) is 0 Å². The van der Waals surface area contributed by atoms with E-state index in [4.69, 9.17) is 0 Å². The number of carbonyl (C=O) groups excluding carboxylic acids is 1. The molecule has 9 heteroatoms. The lowest BCUT2D eigenvalue weighted by molar-refractivity contribution is -0.121. The molecule has 1 aliphatic heterocycles. The van der Waals surface area contributed by atoms with Crippen LogP contribution in [0.2, 0.25) is 0 Å². The van der Waals surface area contributed by atoms with Crippen LogP contribution >= 0.6 is 34.4 Å². The molecule has 0 N–H and O–H groups in total. The molecule has 24 heavy (non-hydrogen) atoms. The first-order valence-corrected chi connectivity index (χ1v) is 10.8. The lowest BCUT2D eigenvalue weighted by atomic mass is 10.3. The van der Waals surface area contributed by atoms with Gasteiger partial charge in [-0.05, 0) is 40.7 Å². The van der Waals surface area contributed by atoms with Crippen LogP contribution in [0.25, 0.3) is 6.08 Å². The van der Waals surface area contributed by atoms with Crippen LogP contribution in [0, 0.1) is 0 Å². The van der Waals surface area contributed by atoms with Crippen LogP contribution in [-0.4, -0.2) is 30.9 Å². The average molecular weight is 397 g/mol. The summed E-state index contributed by atoms with van der Waals surface area (Å²) in [5.74, 6) is -0.270. The first kappa shape index (κ1) is 17.2. The van der Waals surface area contributed by atoms with Gasteiger partial charge in [-0.3, -0.25) is 9.69 Å². The highest BCUT2D eigenvalue weighted by atomic mass is 32.2. The molecule has 0 radical (unpaired) electrons. The molecule has 1 amide bonds. The van der Waals surface area contributed by atoms with Crippen LogP contribution in [0.1, 0.15) is 4.88 Å². The molecule has 2 aromatic rings. The number of nitrogens with zero attached hydrogens (tertiary/aromatic N) is 2. The monoisotopic (exact) mass is 396 g/mol. The summed E-state index contributed by atoms with van der Waals surface area (Å²) in [7, 11) is -3.83. The Morgan fingerprint density at radius 2 is 1.96 bits per heavy atom. The summed E-state index contributed by atoms with van der Waals surface area (Å²) in [6.45, 7) is 3.82. The van der Waals surface area contributed by atoms with E-state index in [0.29, 0.717) is 4.91 Å². The summed E-state index contributed by atoms with van der Waals surface area (Å²) in [6, 6.07) is 6.92. The Labute approximate surface area is 152 Å². The molecular formula is C15H12N2O3S4. The van der Waals surface area contributed by atoms with Gasteiger partial charge in [0.25, 0.3) is 15.9 Å². The highest BCUT2D eigenvalue weighted by Crippen LogP contribution is 2.34. The van der Waals surface area contributed by atoms with E-state index in [1.807, 2.05) is 17.5 Å². The molecule has 2 aromatic heterocycles. The summed E-state index contributed by atoms with van der Waals surface area (Å²) in [5.41, 5.74) is 0. The van der Waals surface area contributed by atoms with Gasteiger partial charge in [0, 0.05) is 11.4 Å². The van der Waals surface area contributed by atoms with Gasteiger partial charge in [0.2, 0.25) is 0 Å². The molecule has 0 bridgehead atoms. The van der Waals surface area contributed by atoms with Gasteiger partial charge in [-0.1, -0.05) is 18.2 Å². The van der Waals surface area contributed by atoms with E-state index in [1.165, 1.54) is 22.3 Å².